The van der Waals surface area contributed by atoms with Crippen molar-refractivity contribution in [1.82, 2.24) is 5.01 Å². The minimum absolute atomic E-state index is 0.0627. The van der Waals surface area contributed by atoms with Gasteiger partial charge < -0.3 is 10.5 Å². The van der Waals surface area contributed by atoms with Gasteiger partial charge in [0.1, 0.15) is 5.75 Å². The molecule has 1 aliphatic heterocycles. The molecule has 0 bridgehead atoms. The van der Waals surface area contributed by atoms with Crippen LogP contribution in [0.1, 0.15) is 5.56 Å². The van der Waals surface area contributed by atoms with Crippen LogP contribution in [0.4, 0.5) is 0 Å². The minimum Gasteiger partial charge on any atom is -0.497 e. The molecule has 17 heavy (non-hydrogen) atoms. The lowest BCUT2D eigenvalue weighted by Gasteiger charge is -2.12. The van der Waals surface area contributed by atoms with Crippen molar-refractivity contribution in [2.45, 2.75) is 5.50 Å². The highest BCUT2D eigenvalue weighted by molar-refractivity contribution is 8.00. The maximum absolute atomic E-state index is 11.4. The van der Waals surface area contributed by atoms with E-state index in [1.54, 1.807) is 13.3 Å². The molecular formula is C11H13N3O2S. The summed E-state index contributed by atoms with van der Waals surface area (Å²) in [5.74, 6) is 1.11. The fourth-order valence-electron chi connectivity index (χ4n) is 1.38. The summed E-state index contributed by atoms with van der Waals surface area (Å²) in [7, 11) is 1.61. The van der Waals surface area contributed by atoms with Crippen molar-refractivity contribution < 1.29 is 9.53 Å². The predicted octanol–water partition coefficient (Wildman–Crippen LogP) is 0.847. The number of nitrogens with two attached hydrogens (primary N) is 1. The first-order chi connectivity index (χ1) is 8.20. The van der Waals surface area contributed by atoms with Crippen LogP contribution >= 0.6 is 11.8 Å². The molecule has 0 radical (unpaired) electrons. The molecule has 1 unspecified atom stereocenters. The summed E-state index contributed by atoms with van der Waals surface area (Å²) in [4.78, 5) is 11.4. The summed E-state index contributed by atoms with van der Waals surface area (Å²) in [6.45, 7) is 0. The summed E-state index contributed by atoms with van der Waals surface area (Å²) < 4.78 is 5.05. The number of hydrazone groups is 1. The third-order valence-electron chi connectivity index (χ3n) is 2.32. The highest BCUT2D eigenvalue weighted by Crippen LogP contribution is 2.20. The van der Waals surface area contributed by atoms with E-state index in [9.17, 15) is 4.79 Å². The van der Waals surface area contributed by atoms with E-state index in [0.29, 0.717) is 5.75 Å². The second kappa shape index (κ2) is 5.20. The van der Waals surface area contributed by atoms with Gasteiger partial charge in [0.15, 0.2) is 5.50 Å². The number of thioether (sulfide) groups is 1. The van der Waals surface area contributed by atoms with Crippen molar-refractivity contribution in [2.75, 3.05) is 12.9 Å². The lowest BCUT2D eigenvalue weighted by molar-refractivity contribution is -0.127. The van der Waals surface area contributed by atoms with E-state index >= 15 is 0 Å². The van der Waals surface area contributed by atoms with Gasteiger partial charge in [-0.2, -0.15) is 5.10 Å². The summed E-state index contributed by atoms with van der Waals surface area (Å²) in [5, 5.41) is 5.38. The highest BCUT2D eigenvalue weighted by Gasteiger charge is 2.28. The number of hydrogen-bond donors (Lipinski definition) is 1. The number of methoxy groups -OCH3 is 1. The van der Waals surface area contributed by atoms with E-state index in [1.807, 2.05) is 24.3 Å². The number of amides is 1. The highest BCUT2D eigenvalue weighted by atomic mass is 32.2. The van der Waals surface area contributed by atoms with Gasteiger partial charge in [0.25, 0.3) is 5.91 Å². The zero-order valence-electron chi connectivity index (χ0n) is 9.37. The maximum Gasteiger partial charge on any atom is 0.255 e. The zero-order valence-corrected chi connectivity index (χ0v) is 10.2. The molecule has 1 saturated heterocycles. The first kappa shape index (κ1) is 11.9. The van der Waals surface area contributed by atoms with Gasteiger partial charge in [0, 0.05) is 0 Å². The third kappa shape index (κ3) is 2.78. The van der Waals surface area contributed by atoms with E-state index in [-0.39, 0.29) is 11.4 Å². The topological polar surface area (TPSA) is 67.9 Å². The first-order valence-electron chi connectivity index (χ1n) is 5.08. The van der Waals surface area contributed by atoms with Gasteiger partial charge in [0.05, 0.1) is 19.1 Å². The van der Waals surface area contributed by atoms with Crippen LogP contribution in [0.25, 0.3) is 0 Å². The number of rotatable bonds is 3. The molecule has 1 atom stereocenters. The lowest BCUT2D eigenvalue weighted by atomic mass is 10.2. The second-order valence-electron chi connectivity index (χ2n) is 3.46. The Morgan fingerprint density at radius 2 is 2.24 bits per heavy atom. The zero-order chi connectivity index (χ0) is 12.3. The summed E-state index contributed by atoms with van der Waals surface area (Å²) in [6.07, 6.45) is 1.61. The molecule has 0 aliphatic carbocycles. The Labute approximate surface area is 104 Å². The fraction of sp³-hybridized carbons (Fsp3) is 0.273. The number of carbonyl (C=O) groups is 1. The molecule has 1 aliphatic rings. The van der Waals surface area contributed by atoms with Crippen LogP contribution in [0.2, 0.25) is 0 Å². The van der Waals surface area contributed by atoms with Gasteiger partial charge in [-0.1, -0.05) is 0 Å². The van der Waals surface area contributed by atoms with Crippen LogP contribution in [0.15, 0.2) is 29.4 Å². The van der Waals surface area contributed by atoms with Gasteiger partial charge in [0.2, 0.25) is 0 Å². The van der Waals surface area contributed by atoms with E-state index in [2.05, 4.69) is 5.10 Å². The summed E-state index contributed by atoms with van der Waals surface area (Å²) >= 11 is 1.38. The van der Waals surface area contributed by atoms with E-state index in [4.69, 9.17) is 10.5 Å². The Kier molecular flexibility index (Phi) is 3.65. The van der Waals surface area contributed by atoms with Crippen molar-refractivity contribution in [2.24, 2.45) is 10.8 Å². The van der Waals surface area contributed by atoms with Crippen LogP contribution in [0.3, 0.4) is 0 Å². The van der Waals surface area contributed by atoms with Gasteiger partial charge in [-0.3, -0.25) is 4.79 Å². The van der Waals surface area contributed by atoms with Gasteiger partial charge in [-0.15, -0.1) is 11.8 Å². The lowest BCUT2D eigenvalue weighted by Crippen LogP contribution is -2.33. The average Bonchev–Trinajstić information content (AvgIpc) is 2.67. The normalized spacial score (nSPS) is 20.2. The Balaban J connectivity index is 2.06. The van der Waals surface area contributed by atoms with Crippen LogP contribution in [-0.2, 0) is 4.79 Å². The molecule has 2 rings (SSSR count). The maximum atomic E-state index is 11.4. The number of benzene rings is 1. The van der Waals surface area contributed by atoms with Crippen molar-refractivity contribution in [3.63, 3.8) is 0 Å². The number of nitrogens with zero attached hydrogens (tertiary/aromatic N) is 2. The molecule has 0 aromatic heterocycles. The molecule has 90 valence electrons. The van der Waals surface area contributed by atoms with Crippen LogP contribution in [0, 0.1) is 0 Å². The Morgan fingerprint density at radius 1 is 1.53 bits per heavy atom. The van der Waals surface area contributed by atoms with Crippen molar-refractivity contribution in [1.29, 1.82) is 0 Å². The Bertz CT molecular complexity index is 433. The van der Waals surface area contributed by atoms with Crippen LogP contribution in [-0.4, -0.2) is 35.5 Å². The summed E-state index contributed by atoms with van der Waals surface area (Å²) in [5.41, 5.74) is 6.23. The molecule has 0 saturated carbocycles. The van der Waals surface area contributed by atoms with E-state index in [0.717, 1.165) is 11.3 Å². The molecule has 5 nitrogen and oxygen atoms in total. The minimum atomic E-state index is -0.378. The summed E-state index contributed by atoms with van der Waals surface area (Å²) in [6, 6.07) is 7.40. The molecule has 1 amide bonds. The van der Waals surface area contributed by atoms with E-state index < -0.39 is 0 Å². The Hall–Kier alpha value is -1.53. The average molecular weight is 251 g/mol. The van der Waals surface area contributed by atoms with Crippen molar-refractivity contribution in [3.05, 3.63) is 29.8 Å². The smallest absolute Gasteiger partial charge is 0.255 e. The molecule has 1 aromatic rings. The SMILES string of the molecule is COc1ccc(/C=N/N2C(=O)CSC2N)cc1. The number of carbonyl (C=O) groups excluding carboxylic acids is 1. The predicted molar refractivity (Wildman–Crippen MR) is 67.9 cm³/mol. The standard InChI is InChI=1S/C11H13N3O2S/c1-16-9-4-2-8(3-5-9)6-13-14-10(15)7-17-11(14)12/h2-6,11H,7,12H2,1H3/b13-6+. The molecule has 1 heterocycles. The molecule has 6 heteroatoms. The van der Waals surface area contributed by atoms with Crippen LogP contribution in [0.5, 0.6) is 5.75 Å². The molecule has 0 spiro atoms. The van der Waals surface area contributed by atoms with Crippen molar-refractivity contribution in [3.8, 4) is 5.75 Å². The van der Waals surface area contributed by atoms with Gasteiger partial charge >= 0.3 is 0 Å². The van der Waals surface area contributed by atoms with Gasteiger partial charge in [-0.25, -0.2) is 5.01 Å². The van der Waals surface area contributed by atoms with Crippen LogP contribution < -0.4 is 10.5 Å². The largest absolute Gasteiger partial charge is 0.497 e. The Morgan fingerprint density at radius 3 is 2.76 bits per heavy atom. The second-order valence-corrected chi connectivity index (χ2v) is 4.56. The quantitative estimate of drug-likeness (QED) is 0.809. The van der Waals surface area contributed by atoms with Gasteiger partial charge in [-0.05, 0) is 29.8 Å². The molecular weight excluding hydrogens is 238 g/mol. The molecule has 1 fully saturated rings. The van der Waals surface area contributed by atoms with Crippen molar-refractivity contribution >= 4 is 23.9 Å². The third-order valence-corrected chi connectivity index (χ3v) is 3.28. The molecule has 2 N–H and O–H groups in total. The number of ether oxygens (including phenoxy) is 1. The fourth-order valence-corrected chi connectivity index (χ4v) is 2.14. The monoisotopic (exact) mass is 251 g/mol. The molecule has 1 aromatic carbocycles. The number of hydrogen-bond acceptors (Lipinski definition) is 5. The first-order valence-corrected chi connectivity index (χ1v) is 6.13. The van der Waals surface area contributed by atoms with E-state index in [1.165, 1.54) is 16.8 Å².